The van der Waals surface area contributed by atoms with Gasteiger partial charge in [0.25, 0.3) is 5.69 Å². The number of aliphatic hydroxyl groups is 1. The standard InChI is InChI=1S/C24H27FN2O8/c1-5-34-22(29)18-11-13-10-14(25)6-8-17(13)26(18)20-16-12-15(27(30)31)7-9-19(16)35-24(2,21(20)28)23(32-3)33-4/h6-10,12,18,20-21,23,28H,5,11H2,1-4H3/t18-,20+,21-,24+/m1/s1. The number of aliphatic hydroxyl groups excluding tert-OH is 1. The number of esters is 1. The molecule has 10 nitrogen and oxygen atoms in total. The topological polar surface area (TPSA) is 121 Å². The highest BCUT2D eigenvalue weighted by Crippen LogP contribution is 2.50. The van der Waals surface area contributed by atoms with Crippen LogP contribution in [0, 0.1) is 15.9 Å². The lowest BCUT2D eigenvalue weighted by atomic mass is 9.83. The highest BCUT2D eigenvalue weighted by Gasteiger charge is 2.56. The van der Waals surface area contributed by atoms with Crippen molar-refractivity contribution in [2.75, 3.05) is 25.7 Å². The van der Waals surface area contributed by atoms with Gasteiger partial charge in [0.15, 0.2) is 11.9 Å². The Bertz CT molecular complexity index is 1140. The molecular weight excluding hydrogens is 463 g/mol. The van der Waals surface area contributed by atoms with Gasteiger partial charge in [-0.15, -0.1) is 0 Å². The summed E-state index contributed by atoms with van der Waals surface area (Å²) in [5, 5.41) is 23.3. The molecule has 0 amide bonds. The molecule has 0 radical (unpaired) electrons. The SMILES string of the molecule is CCOC(=O)[C@H]1Cc2cc(F)ccc2N1[C@H]1c2cc([N+](=O)[O-])ccc2O[C@](C)(C(OC)OC)[C@@H]1O. The van der Waals surface area contributed by atoms with E-state index in [-0.39, 0.29) is 24.5 Å². The zero-order chi connectivity index (χ0) is 25.5. The molecule has 0 unspecified atom stereocenters. The Balaban J connectivity index is 1.95. The lowest BCUT2D eigenvalue weighted by Crippen LogP contribution is -2.63. The summed E-state index contributed by atoms with van der Waals surface area (Å²) in [6, 6.07) is 6.21. The number of nitrogens with zero attached hydrogens (tertiary/aromatic N) is 2. The van der Waals surface area contributed by atoms with Crippen LogP contribution in [0.3, 0.4) is 0 Å². The Labute approximate surface area is 201 Å². The van der Waals surface area contributed by atoms with Gasteiger partial charge in [-0.25, -0.2) is 9.18 Å². The highest BCUT2D eigenvalue weighted by molar-refractivity contribution is 5.84. The molecule has 0 aromatic heterocycles. The summed E-state index contributed by atoms with van der Waals surface area (Å²) < 4.78 is 36.3. The number of ether oxygens (including phenoxy) is 4. The Morgan fingerprint density at radius 1 is 1.31 bits per heavy atom. The van der Waals surface area contributed by atoms with Crippen molar-refractivity contribution in [1.29, 1.82) is 0 Å². The van der Waals surface area contributed by atoms with Gasteiger partial charge >= 0.3 is 5.97 Å². The second kappa shape index (κ2) is 9.40. The van der Waals surface area contributed by atoms with Crippen molar-refractivity contribution in [3.8, 4) is 5.75 Å². The summed E-state index contributed by atoms with van der Waals surface area (Å²) in [5.74, 6) is -0.780. The van der Waals surface area contributed by atoms with Gasteiger partial charge in [0.05, 0.1) is 17.6 Å². The lowest BCUT2D eigenvalue weighted by Gasteiger charge is -2.50. The van der Waals surface area contributed by atoms with Crippen molar-refractivity contribution in [2.45, 2.75) is 50.3 Å². The molecule has 0 bridgehead atoms. The maximum absolute atomic E-state index is 14.1. The third kappa shape index (κ3) is 4.09. The lowest BCUT2D eigenvalue weighted by molar-refractivity contribution is -0.385. The van der Waals surface area contributed by atoms with Crippen LogP contribution < -0.4 is 9.64 Å². The van der Waals surface area contributed by atoms with E-state index in [4.69, 9.17) is 18.9 Å². The summed E-state index contributed by atoms with van der Waals surface area (Å²) in [6.07, 6.45) is -2.29. The Hall–Kier alpha value is -3.28. The first-order chi connectivity index (χ1) is 16.7. The number of non-ortho nitro benzene ring substituents is 1. The third-order valence-electron chi connectivity index (χ3n) is 6.56. The number of nitro groups is 1. The van der Waals surface area contributed by atoms with E-state index in [1.165, 1.54) is 50.6 Å². The van der Waals surface area contributed by atoms with Gasteiger partial charge in [0.1, 0.15) is 23.7 Å². The second-order valence-corrected chi connectivity index (χ2v) is 8.61. The predicted octanol–water partition coefficient (Wildman–Crippen LogP) is 2.90. The number of halogens is 1. The highest BCUT2D eigenvalue weighted by atomic mass is 19.1. The molecular formula is C24H27FN2O8. The van der Waals surface area contributed by atoms with E-state index in [9.17, 15) is 24.4 Å². The number of anilines is 1. The number of carbonyl (C=O) groups excluding carboxylic acids is 1. The van der Waals surface area contributed by atoms with Gasteiger partial charge in [0.2, 0.25) is 0 Å². The van der Waals surface area contributed by atoms with Gasteiger partial charge < -0.3 is 29.0 Å². The molecule has 1 N–H and O–H groups in total. The van der Waals surface area contributed by atoms with Crippen LogP contribution >= 0.6 is 0 Å². The van der Waals surface area contributed by atoms with Crippen LogP contribution in [0.5, 0.6) is 5.75 Å². The normalized spacial score (nSPS) is 25.1. The van der Waals surface area contributed by atoms with Crippen molar-refractivity contribution in [2.24, 2.45) is 0 Å². The molecule has 2 aliphatic heterocycles. The molecule has 2 aromatic rings. The molecule has 2 aromatic carbocycles. The van der Waals surface area contributed by atoms with E-state index in [1.54, 1.807) is 18.7 Å². The molecule has 35 heavy (non-hydrogen) atoms. The maximum atomic E-state index is 14.1. The molecule has 2 aliphatic rings. The first-order valence-electron chi connectivity index (χ1n) is 11.1. The van der Waals surface area contributed by atoms with Crippen molar-refractivity contribution in [1.82, 2.24) is 0 Å². The van der Waals surface area contributed by atoms with E-state index in [1.807, 2.05) is 0 Å². The van der Waals surface area contributed by atoms with Gasteiger partial charge in [-0.2, -0.15) is 0 Å². The number of carbonyl (C=O) groups is 1. The second-order valence-electron chi connectivity index (χ2n) is 8.61. The minimum absolute atomic E-state index is 0.124. The fraction of sp³-hybridized carbons (Fsp3) is 0.458. The summed E-state index contributed by atoms with van der Waals surface area (Å²) in [5.41, 5.74) is -0.345. The molecule has 0 saturated carbocycles. The minimum atomic E-state index is -1.47. The fourth-order valence-electron chi connectivity index (χ4n) is 5.03. The van der Waals surface area contributed by atoms with E-state index >= 15 is 0 Å². The smallest absolute Gasteiger partial charge is 0.329 e. The van der Waals surface area contributed by atoms with Crippen LogP contribution in [-0.2, 0) is 25.4 Å². The molecule has 0 spiro atoms. The zero-order valence-corrected chi connectivity index (χ0v) is 19.8. The summed E-state index contributed by atoms with van der Waals surface area (Å²) in [7, 11) is 2.79. The van der Waals surface area contributed by atoms with Crippen LogP contribution in [0.25, 0.3) is 0 Å². The van der Waals surface area contributed by atoms with Gasteiger partial charge in [-0.1, -0.05) is 0 Å². The Morgan fingerprint density at radius 2 is 2.03 bits per heavy atom. The number of methoxy groups -OCH3 is 2. The molecule has 4 atom stereocenters. The maximum Gasteiger partial charge on any atom is 0.329 e. The molecule has 2 heterocycles. The van der Waals surface area contributed by atoms with Crippen LogP contribution in [-0.4, -0.2) is 60.9 Å². The van der Waals surface area contributed by atoms with Crippen molar-refractivity contribution in [3.63, 3.8) is 0 Å². The first kappa shape index (κ1) is 24.8. The van der Waals surface area contributed by atoms with E-state index in [2.05, 4.69) is 0 Å². The largest absolute Gasteiger partial charge is 0.479 e. The Morgan fingerprint density at radius 3 is 2.66 bits per heavy atom. The quantitative estimate of drug-likeness (QED) is 0.270. The van der Waals surface area contributed by atoms with Crippen molar-refractivity contribution in [3.05, 3.63) is 63.5 Å². The van der Waals surface area contributed by atoms with Gasteiger partial charge in [-0.3, -0.25) is 10.1 Å². The molecule has 188 valence electrons. The molecule has 11 heteroatoms. The molecule has 4 rings (SSSR count). The monoisotopic (exact) mass is 490 g/mol. The summed E-state index contributed by atoms with van der Waals surface area (Å²) in [4.78, 5) is 25.6. The van der Waals surface area contributed by atoms with Crippen LogP contribution in [0.4, 0.5) is 15.8 Å². The number of nitro benzene ring substituents is 1. The summed E-state index contributed by atoms with van der Waals surface area (Å²) >= 11 is 0. The van der Waals surface area contributed by atoms with Gasteiger partial charge in [-0.05, 0) is 43.7 Å². The number of rotatable bonds is 7. The molecule has 0 fully saturated rings. The zero-order valence-electron chi connectivity index (χ0n) is 19.8. The van der Waals surface area contributed by atoms with Crippen LogP contribution in [0.15, 0.2) is 36.4 Å². The average molecular weight is 490 g/mol. The minimum Gasteiger partial charge on any atom is -0.479 e. The Kier molecular flexibility index (Phi) is 6.67. The molecule has 0 aliphatic carbocycles. The third-order valence-corrected chi connectivity index (χ3v) is 6.56. The first-order valence-corrected chi connectivity index (χ1v) is 11.1. The van der Waals surface area contributed by atoms with Crippen LogP contribution in [0.2, 0.25) is 0 Å². The number of benzene rings is 2. The average Bonchev–Trinajstić information content (AvgIpc) is 3.18. The van der Waals surface area contributed by atoms with E-state index < -0.39 is 46.8 Å². The number of hydrogen-bond donors (Lipinski definition) is 1. The van der Waals surface area contributed by atoms with Gasteiger partial charge in [0, 0.05) is 44.0 Å². The predicted molar refractivity (Wildman–Crippen MR) is 122 cm³/mol. The number of hydrogen-bond acceptors (Lipinski definition) is 9. The van der Waals surface area contributed by atoms with E-state index in [0.717, 1.165) is 0 Å². The fourth-order valence-corrected chi connectivity index (χ4v) is 5.03. The van der Waals surface area contributed by atoms with Crippen molar-refractivity contribution < 1.29 is 38.2 Å². The number of fused-ring (bicyclic) bond motifs is 2. The summed E-state index contributed by atoms with van der Waals surface area (Å²) in [6.45, 7) is 3.39. The van der Waals surface area contributed by atoms with E-state index in [0.29, 0.717) is 16.8 Å². The molecule has 0 saturated heterocycles. The van der Waals surface area contributed by atoms with Crippen molar-refractivity contribution >= 4 is 17.3 Å². The van der Waals surface area contributed by atoms with Crippen LogP contribution in [0.1, 0.15) is 31.0 Å².